The molecule has 1 rings (SSSR count). The molecule has 0 saturated heterocycles. The van der Waals surface area contributed by atoms with Crippen molar-refractivity contribution >= 4 is 0 Å². The van der Waals surface area contributed by atoms with Gasteiger partial charge in [0.15, 0.2) is 5.76 Å². The van der Waals surface area contributed by atoms with Crippen molar-refractivity contribution in [2.24, 2.45) is 11.7 Å². The van der Waals surface area contributed by atoms with Crippen LogP contribution in [0.1, 0.15) is 12.8 Å². The largest absolute Gasteiger partial charge is 0.508 e. The molecule has 0 fully saturated rings. The van der Waals surface area contributed by atoms with Gasteiger partial charge in [0.25, 0.3) is 5.70 Å². The van der Waals surface area contributed by atoms with E-state index in [4.69, 9.17) is 10.8 Å². The highest BCUT2D eigenvalue weighted by Crippen LogP contribution is 2.29. The molecule has 6 nitrogen and oxygen atoms in total. The zero-order valence-corrected chi connectivity index (χ0v) is 7.51. The number of aliphatic hydroxyl groups is 2. The van der Waals surface area contributed by atoms with Crippen LogP contribution in [-0.4, -0.2) is 21.7 Å². The van der Waals surface area contributed by atoms with E-state index >= 15 is 0 Å². The monoisotopic (exact) mass is 200 g/mol. The molecule has 0 bridgehead atoms. The molecule has 0 saturated carbocycles. The van der Waals surface area contributed by atoms with Crippen LogP contribution in [0.15, 0.2) is 23.3 Å². The van der Waals surface area contributed by atoms with Gasteiger partial charge >= 0.3 is 0 Å². The molecule has 0 aromatic carbocycles. The summed E-state index contributed by atoms with van der Waals surface area (Å²) in [4.78, 5) is 10.0. The molecule has 78 valence electrons. The number of nitro groups is 1. The summed E-state index contributed by atoms with van der Waals surface area (Å²) in [5.41, 5.74) is 5.20. The fourth-order valence-corrected chi connectivity index (χ4v) is 1.44. The molecule has 0 amide bonds. The van der Waals surface area contributed by atoms with E-state index in [1.165, 1.54) is 0 Å². The Bertz CT molecular complexity index is 308. The summed E-state index contributed by atoms with van der Waals surface area (Å²) in [5.74, 6) is -1.05. The van der Waals surface area contributed by atoms with Gasteiger partial charge in [-0.2, -0.15) is 0 Å². The fourth-order valence-electron chi connectivity index (χ4n) is 1.44. The van der Waals surface area contributed by atoms with Crippen LogP contribution >= 0.6 is 0 Å². The molecule has 4 N–H and O–H groups in total. The number of aliphatic hydroxyl groups excluding tert-OH is 2. The third-order valence-electron chi connectivity index (χ3n) is 2.16. The summed E-state index contributed by atoms with van der Waals surface area (Å²) in [6, 6.07) is 0. The normalized spacial score (nSPS) is 22.1. The first-order valence-electron chi connectivity index (χ1n) is 4.23. The molecule has 0 aromatic rings. The highest BCUT2D eigenvalue weighted by atomic mass is 16.6. The maximum absolute atomic E-state index is 10.6. The second-order valence-electron chi connectivity index (χ2n) is 3.14. The maximum Gasteiger partial charge on any atom is 0.253 e. The van der Waals surface area contributed by atoms with Crippen molar-refractivity contribution in [1.29, 1.82) is 0 Å². The lowest BCUT2D eigenvalue weighted by Crippen LogP contribution is -2.20. The Morgan fingerprint density at radius 1 is 1.64 bits per heavy atom. The minimum absolute atomic E-state index is 0.0792. The Balaban J connectivity index is 2.93. The molecule has 14 heavy (non-hydrogen) atoms. The standard InChI is InChI=1S/C8H12N2O4/c9-2-1-5-3-7(11)8(12)4-6(5)10(13)14/h4-5,11-12H,1-3,9H2. The average Bonchev–Trinajstić information content (AvgIpc) is 2.11. The lowest BCUT2D eigenvalue weighted by atomic mass is 9.92. The van der Waals surface area contributed by atoms with Crippen molar-refractivity contribution in [3.63, 3.8) is 0 Å². The van der Waals surface area contributed by atoms with Gasteiger partial charge in [0, 0.05) is 6.42 Å². The number of hydrogen-bond donors (Lipinski definition) is 3. The van der Waals surface area contributed by atoms with Crippen molar-refractivity contribution in [3.8, 4) is 0 Å². The van der Waals surface area contributed by atoms with Crippen molar-refractivity contribution in [2.75, 3.05) is 6.54 Å². The second kappa shape index (κ2) is 4.10. The van der Waals surface area contributed by atoms with Crippen molar-refractivity contribution in [3.05, 3.63) is 33.4 Å². The van der Waals surface area contributed by atoms with Crippen LogP contribution < -0.4 is 5.73 Å². The molecule has 0 heterocycles. The van der Waals surface area contributed by atoms with E-state index in [1.807, 2.05) is 0 Å². The smallest absolute Gasteiger partial charge is 0.253 e. The number of hydrogen-bond acceptors (Lipinski definition) is 5. The molecule has 6 heteroatoms. The molecule has 1 atom stereocenters. The molecule has 0 aromatic heterocycles. The molecule has 1 unspecified atom stereocenters. The molecule has 1 aliphatic rings. The third-order valence-corrected chi connectivity index (χ3v) is 2.16. The average molecular weight is 200 g/mol. The van der Waals surface area contributed by atoms with Crippen LogP contribution in [0.5, 0.6) is 0 Å². The predicted molar refractivity (Wildman–Crippen MR) is 49.1 cm³/mol. The summed E-state index contributed by atoms with van der Waals surface area (Å²) < 4.78 is 0. The van der Waals surface area contributed by atoms with Crippen LogP contribution in [0.25, 0.3) is 0 Å². The minimum atomic E-state index is -0.553. The van der Waals surface area contributed by atoms with Gasteiger partial charge in [0.05, 0.1) is 16.9 Å². The van der Waals surface area contributed by atoms with Gasteiger partial charge < -0.3 is 15.9 Å². The van der Waals surface area contributed by atoms with Crippen molar-refractivity contribution in [1.82, 2.24) is 0 Å². The van der Waals surface area contributed by atoms with E-state index in [2.05, 4.69) is 0 Å². The first kappa shape index (κ1) is 10.5. The van der Waals surface area contributed by atoms with Gasteiger partial charge in [-0.1, -0.05) is 0 Å². The molecule has 0 aliphatic heterocycles. The highest BCUT2D eigenvalue weighted by Gasteiger charge is 2.30. The Hall–Kier alpha value is -1.56. The third kappa shape index (κ3) is 2.02. The van der Waals surface area contributed by atoms with Crippen molar-refractivity contribution < 1.29 is 15.1 Å². The van der Waals surface area contributed by atoms with Crippen LogP contribution in [0.2, 0.25) is 0 Å². The fraction of sp³-hybridized carbons (Fsp3) is 0.500. The topological polar surface area (TPSA) is 110 Å². The van der Waals surface area contributed by atoms with Crippen LogP contribution in [0.4, 0.5) is 0 Å². The lowest BCUT2D eigenvalue weighted by molar-refractivity contribution is -0.434. The van der Waals surface area contributed by atoms with Gasteiger partial charge in [-0.05, 0) is 13.0 Å². The van der Waals surface area contributed by atoms with Crippen LogP contribution in [0.3, 0.4) is 0 Å². The van der Waals surface area contributed by atoms with E-state index in [0.717, 1.165) is 6.08 Å². The van der Waals surface area contributed by atoms with Gasteiger partial charge in [-0.25, -0.2) is 0 Å². The maximum atomic E-state index is 10.6. The number of rotatable bonds is 3. The zero-order chi connectivity index (χ0) is 10.7. The van der Waals surface area contributed by atoms with Gasteiger partial charge in [-0.3, -0.25) is 10.1 Å². The Labute approximate surface area is 80.5 Å². The molecule has 0 spiro atoms. The summed E-state index contributed by atoms with van der Waals surface area (Å²) in [6.45, 7) is 0.309. The number of allylic oxidation sites excluding steroid dienone is 3. The number of nitrogens with two attached hydrogens (primary N) is 1. The predicted octanol–water partition coefficient (Wildman–Crippen LogP) is 0.843. The van der Waals surface area contributed by atoms with Gasteiger partial charge in [0.1, 0.15) is 5.76 Å². The second-order valence-corrected chi connectivity index (χ2v) is 3.14. The van der Waals surface area contributed by atoms with E-state index in [1.54, 1.807) is 0 Å². The summed E-state index contributed by atoms with van der Waals surface area (Å²) in [5, 5.41) is 28.9. The summed E-state index contributed by atoms with van der Waals surface area (Å²) in [7, 11) is 0. The molecular weight excluding hydrogens is 188 g/mol. The Kier molecular flexibility index (Phi) is 3.08. The highest BCUT2D eigenvalue weighted by molar-refractivity contribution is 5.24. The van der Waals surface area contributed by atoms with Crippen LogP contribution in [-0.2, 0) is 0 Å². The van der Waals surface area contributed by atoms with E-state index in [9.17, 15) is 15.2 Å². The Morgan fingerprint density at radius 2 is 2.29 bits per heavy atom. The molecular formula is C8H12N2O4. The van der Waals surface area contributed by atoms with Gasteiger partial charge in [-0.15, -0.1) is 0 Å². The first-order valence-corrected chi connectivity index (χ1v) is 4.23. The van der Waals surface area contributed by atoms with Crippen LogP contribution in [0, 0.1) is 16.0 Å². The number of nitrogens with zero attached hydrogens (tertiary/aromatic N) is 1. The van der Waals surface area contributed by atoms with E-state index in [-0.39, 0.29) is 17.9 Å². The van der Waals surface area contributed by atoms with E-state index in [0.29, 0.717) is 13.0 Å². The summed E-state index contributed by atoms with van der Waals surface area (Å²) in [6.07, 6.45) is 1.49. The molecule has 0 radical (unpaired) electrons. The Morgan fingerprint density at radius 3 is 2.79 bits per heavy atom. The minimum Gasteiger partial charge on any atom is -0.508 e. The first-order chi connectivity index (χ1) is 6.56. The quantitative estimate of drug-likeness (QED) is 0.462. The molecule has 1 aliphatic carbocycles. The van der Waals surface area contributed by atoms with Gasteiger partial charge in [0.2, 0.25) is 0 Å². The summed E-state index contributed by atoms with van der Waals surface area (Å²) >= 11 is 0. The van der Waals surface area contributed by atoms with E-state index < -0.39 is 16.6 Å². The SMILES string of the molecule is NCCC1CC(O)=C(O)C=C1[N+](=O)[O-]. The lowest BCUT2D eigenvalue weighted by Gasteiger charge is -2.17. The van der Waals surface area contributed by atoms with Crippen molar-refractivity contribution in [2.45, 2.75) is 12.8 Å². The zero-order valence-electron chi connectivity index (χ0n) is 7.51.